The van der Waals surface area contributed by atoms with Gasteiger partial charge in [0.15, 0.2) is 0 Å². The fourth-order valence-corrected chi connectivity index (χ4v) is 5.64. The van der Waals surface area contributed by atoms with Crippen molar-refractivity contribution in [2.75, 3.05) is 0 Å². The van der Waals surface area contributed by atoms with E-state index in [-0.39, 0.29) is 41.8 Å². The molecule has 0 saturated carbocycles. The molecule has 0 aliphatic carbocycles. The van der Waals surface area contributed by atoms with E-state index in [0.29, 0.717) is 24.2 Å². The molecule has 1 heterocycles. The number of rotatable bonds is 4. The van der Waals surface area contributed by atoms with E-state index < -0.39 is 6.04 Å². The summed E-state index contributed by atoms with van der Waals surface area (Å²) in [7, 11) is 0. The lowest BCUT2D eigenvalue weighted by atomic mass is 9.78. The molecular formula is C29H48N2O3. The van der Waals surface area contributed by atoms with E-state index >= 15 is 0 Å². The third kappa shape index (κ3) is 8.11. The Labute approximate surface area is 207 Å². The van der Waals surface area contributed by atoms with Crippen LogP contribution in [-0.2, 0) is 20.7 Å². The van der Waals surface area contributed by atoms with E-state index in [4.69, 9.17) is 10.5 Å². The van der Waals surface area contributed by atoms with Gasteiger partial charge in [-0.15, -0.1) is 0 Å². The van der Waals surface area contributed by atoms with Crippen molar-refractivity contribution in [3.8, 4) is 0 Å². The minimum atomic E-state index is -0.699. The Morgan fingerprint density at radius 1 is 0.971 bits per heavy atom. The number of carbonyl (C=O) groups is 2. The van der Waals surface area contributed by atoms with E-state index in [0.717, 1.165) is 31.2 Å². The summed E-state index contributed by atoms with van der Waals surface area (Å²) in [6.45, 7) is 15.0. The number of cyclic esters (lactones) is 1. The largest absolute Gasteiger partial charge is 0.460 e. The van der Waals surface area contributed by atoms with E-state index in [9.17, 15) is 9.59 Å². The second kappa shape index (κ2) is 13.3. The van der Waals surface area contributed by atoms with Crippen LogP contribution < -0.4 is 11.1 Å². The van der Waals surface area contributed by atoms with Crippen LogP contribution in [0.25, 0.3) is 0 Å². The molecule has 5 nitrogen and oxygen atoms in total. The Kier molecular flexibility index (Phi) is 11.1. The fourth-order valence-electron chi connectivity index (χ4n) is 5.64. The maximum Gasteiger partial charge on any atom is 0.329 e. The van der Waals surface area contributed by atoms with Gasteiger partial charge in [-0.1, -0.05) is 85.2 Å². The number of ether oxygens (including phenoxy) is 1. The SMILES string of the molecule is CCC(C)C1OC(=O)C(Cc2ccccc2)NC(=O)C(C)CC(C)CC(C)C(N)C(C)CC1C. The monoisotopic (exact) mass is 472 g/mol. The van der Waals surface area contributed by atoms with Crippen LogP contribution in [0, 0.1) is 35.5 Å². The molecule has 192 valence electrons. The maximum atomic E-state index is 13.5. The number of amides is 1. The molecule has 5 heteroatoms. The molecule has 0 aromatic heterocycles. The quantitative estimate of drug-likeness (QED) is 0.578. The molecule has 1 aromatic rings. The van der Waals surface area contributed by atoms with Crippen LogP contribution in [0.3, 0.4) is 0 Å². The van der Waals surface area contributed by atoms with Crippen LogP contribution in [-0.4, -0.2) is 30.1 Å². The van der Waals surface area contributed by atoms with Crippen molar-refractivity contribution in [3.05, 3.63) is 35.9 Å². The van der Waals surface area contributed by atoms with Crippen LogP contribution in [0.15, 0.2) is 30.3 Å². The molecule has 1 amide bonds. The minimum Gasteiger partial charge on any atom is -0.460 e. The molecule has 1 aliphatic rings. The predicted molar refractivity (Wildman–Crippen MR) is 139 cm³/mol. The number of benzene rings is 1. The topological polar surface area (TPSA) is 81.4 Å². The molecular weight excluding hydrogens is 424 g/mol. The molecule has 0 bridgehead atoms. The molecule has 1 fully saturated rings. The zero-order valence-electron chi connectivity index (χ0n) is 22.4. The summed E-state index contributed by atoms with van der Waals surface area (Å²) in [4.78, 5) is 26.6. The highest BCUT2D eigenvalue weighted by Crippen LogP contribution is 2.31. The van der Waals surface area contributed by atoms with Crippen molar-refractivity contribution in [3.63, 3.8) is 0 Å². The van der Waals surface area contributed by atoms with Crippen molar-refractivity contribution < 1.29 is 14.3 Å². The second-order valence-corrected chi connectivity index (χ2v) is 11.3. The minimum absolute atomic E-state index is 0.0817. The van der Waals surface area contributed by atoms with Gasteiger partial charge in [-0.25, -0.2) is 4.79 Å². The van der Waals surface area contributed by atoms with Gasteiger partial charge in [-0.05, 0) is 54.4 Å². The zero-order chi connectivity index (χ0) is 25.4. The third-order valence-electron chi connectivity index (χ3n) is 7.94. The second-order valence-electron chi connectivity index (χ2n) is 11.3. The number of nitrogens with one attached hydrogen (secondary N) is 1. The van der Waals surface area contributed by atoms with E-state index in [2.05, 4.69) is 46.9 Å². The Balaban J connectivity index is 2.37. The van der Waals surface area contributed by atoms with Crippen molar-refractivity contribution in [1.82, 2.24) is 5.32 Å². The van der Waals surface area contributed by atoms with Crippen molar-refractivity contribution >= 4 is 11.9 Å². The average Bonchev–Trinajstić information content (AvgIpc) is 2.80. The molecule has 2 rings (SSSR count). The van der Waals surface area contributed by atoms with E-state index in [1.165, 1.54) is 0 Å². The highest BCUT2D eigenvalue weighted by atomic mass is 16.5. The van der Waals surface area contributed by atoms with Crippen molar-refractivity contribution in [2.45, 2.75) is 98.8 Å². The van der Waals surface area contributed by atoms with Gasteiger partial charge >= 0.3 is 5.97 Å². The maximum absolute atomic E-state index is 13.5. The summed E-state index contributed by atoms with van der Waals surface area (Å²) in [6, 6.07) is 9.21. The standard InChI is InChI=1S/C29H48N2O3/c1-8-19(3)27-22(6)16-21(5)26(30)20(4)14-18(2)15-23(7)28(32)31-25(29(33)34-27)17-24-12-10-9-11-13-24/h9-13,18-23,25-27H,8,14-17,30H2,1-7H3,(H,31,32). The van der Waals surface area contributed by atoms with Gasteiger partial charge in [-0.3, -0.25) is 4.79 Å². The van der Waals surface area contributed by atoms with E-state index in [1.54, 1.807) is 0 Å². The first-order valence-electron chi connectivity index (χ1n) is 13.3. The number of hydrogen-bond acceptors (Lipinski definition) is 4. The summed E-state index contributed by atoms with van der Waals surface area (Å²) in [5, 5.41) is 3.04. The van der Waals surface area contributed by atoms with Gasteiger partial charge < -0.3 is 15.8 Å². The zero-order valence-corrected chi connectivity index (χ0v) is 22.4. The van der Waals surface area contributed by atoms with Crippen molar-refractivity contribution in [2.24, 2.45) is 41.2 Å². The predicted octanol–water partition coefficient (Wildman–Crippen LogP) is 5.36. The Bertz CT molecular complexity index is 768. The molecule has 34 heavy (non-hydrogen) atoms. The first-order valence-corrected chi connectivity index (χ1v) is 13.3. The molecule has 9 atom stereocenters. The molecule has 1 aromatic carbocycles. The lowest BCUT2D eigenvalue weighted by Gasteiger charge is -2.34. The van der Waals surface area contributed by atoms with Gasteiger partial charge in [0.25, 0.3) is 0 Å². The summed E-state index contributed by atoms with van der Waals surface area (Å²) in [5.74, 6) is 0.871. The van der Waals surface area contributed by atoms with Crippen LogP contribution >= 0.6 is 0 Å². The third-order valence-corrected chi connectivity index (χ3v) is 7.94. The van der Waals surface area contributed by atoms with E-state index in [1.807, 2.05) is 37.3 Å². The summed E-state index contributed by atoms with van der Waals surface area (Å²) >= 11 is 0. The average molecular weight is 473 g/mol. The van der Waals surface area contributed by atoms with Gasteiger partial charge in [0, 0.05) is 18.4 Å². The lowest BCUT2D eigenvalue weighted by Crippen LogP contribution is -2.47. The first kappa shape index (κ1) is 28.4. The Morgan fingerprint density at radius 2 is 1.59 bits per heavy atom. The smallest absolute Gasteiger partial charge is 0.329 e. The van der Waals surface area contributed by atoms with Crippen LogP contribution in [0.1, 0.15) is 79.7 Å². The lowest BCUT2D eigenvalue weighted by molar-refractivity contribution is -0.159. The molecule has 1 saturated heterocycles. The van der Waals surface area contributed by atoms with Crippen LogP contribution in [0.2, 0.25) is 0 Å². The number of esters is 1. The summed E-state index contributed by atoms with van der Waals surface area (Å²) < 4.78 is 6.20. The van der Waals surface area contributed by atoms with Gasteiger partial charge in [0.2, 0.25) is 5.91 Å². The normalized spacial score (nSPS) is 35.4. The van der Waals surface area contributed by atoms with Crippen LogP contribution in [0.4, 0.5) is 0 Å². The summed E-state index contributed by atoms with van der Waals surface area (Å²) in [6.07, 6.45) is 3.82. The Hall–Kier alpha value is -1.88. The van der Waals surface area contributed by atoms with Crippen molar-refractivity contribution in [1.29, 1.82) is 0 Å². The number of carbonyl (C=O) groups excluding carboxylic acids is 2. The van der Waals surface area contributed by atoms with Gasteiger partial charge in [-0.2, -0.15) is 0 Å². The molecule has 9 unspecified atom stereocenters. The van der Waals surface area contributed by atoms with Gasteiger partial charge in [0.1, 0.15) is 12.1 Å². The fraction of sp³-hybridized carbons (Fsp3) is 0.724. The highest BCUT2D eigenvalue weighted by molar-refractivity contribution is 5.86. The first-order chi connectivity index (χ1) is 16.0. The molecule has 3 N–H and O–H groups in total. The molecule has 1 aliphatic heterocycles. The number of nitrogens with two attached hydrogens (primary N) is 1. The van der Waals surface area contributed by atoms with Gasteiger partial charge in [0.05, 0.1) is 0 Å². The number of hydrogen-bond donors (Lipinski definition) is 2. The highest BCUT2D eigenvalue weighted by Gasteiger charge is 2.34. The van der Waals surface area contributed by atoms with Crippen LogP contribution in [0.5, 0.6) is 0 Å². The summed E-state index contributed by atoms with van der Waals surface area (Å²) in [5.41, 5.74) is 7.70. The Morgan fingerprint density at radius 3 is 2.21 bits per heavy atom. The molecule has 0 radical (unpaired) electrons. The molecule has 0 spiro atoms.